The lowest BCUT2D eigenvalue weighted by atomic mass is 10.1. The largest absolute Gasteiger partial charge is 0.497 e. The zero-order chi connectivity index (χ0) is 21.2. The van der Waals surface area contributed by atoms with Crippen molar-refractivity contribution in [2.24, 2.45) is 5.10 Å². The fraction of sp³-hybridized carbons (Fsp3) is 0.167. The van der Waals surface area contributed by atoms with Crippen molar-refractivity contribution in [2.45, 2.75) is 13.1 Å². The summed E-state index contributed by atoms with van der Waals surface area (Å²) in [6.45, 7) is 1.79. The minimum atomic E-state index is -0.248. The number of rotatable bonds is 5. The van der Waals surface area contributed by atoms with Gasteiger partial charge in [-0.1, -0.05) is 6.07 Å². The molecule has 0 atom stereocenters. The molecule has 0 spiro atoms. The Bertz CT molecular complexity index is 1160. The van der Waals surface area contributed by atoms with Crippen LogP contribution in [0.5, 0.6) is 17.2 Å². The Balaban J connectivity index is 1.23. The molecule has 0 radical (unpaired) electrons. The molecule has 31 heavy (non-hydrogen) atoms. The third-order valence-electron chi connectivity index (χ3n) is 5.40. The summed E-state index contributed by atoms with van der Waals surface area (Å²) in [5, 5.41) is 4.07. The number of nitrogens with one attached hydrogen (secondary N) is 1. The van der Waals surface area contributed by atoms with Gasteiger partial charge in [-0.3, -0.25) is 4.79 Å². The van der Waals surface area contributed by atoms with Gasteiger partial charge in [-0.25, -0.2) is 5.43 Å². The van der Waals surface area contributed by atoms with Crippen LogP contribution in [0, 0.1) is 0 Å². The highest BCUT2D eigenvalue weighted by atomic mass is 16.7. The molecule has 0 aromatic heterocycles. The van der Waals surface area contributed by atoms with Crippen LogP contribution in [0.4, 0.5) is 5.69 Å². The zero-order valence-electron chi connectivity index (χ0n) is 17.0. The van der Waals surface area contributed by atoms with Gasteiger partial charge in [0.15, 0.2) is 11.5 Å². The first kappa shape index (κ1) is 19.0. The van der Waals surface area contributed by atoms with E-state index in [4.69, 9.17) is 14.2 Å². The first-order chi connectivity index (χ1) is 15.2. The zero-order valence-corrected chi connectivity index (χ0v) is 17.0. The van der Waals surface area contributed by atoms with Crippen molar-refractivity contribution < 1.29 is 19.0 Å². The second-order valence-electron chi connectivity index (χ2n) is 7.35. The van der Waals surface area contributed by atoms with E-state index >= 15 is 0 Å². The van der Waals surface area contributed by atoms with E-state index < -0.39 is 0 Å². The number of hydrogen-bond acceptors (Lipinski definition) is 6. The van der Waals surface area contributed by atoms with Crippen LogP contribution in [0.1, 0.15) is 27.0 Å². The number of carbonyl (C=O) groups is 1. The normalized spacial score (nSPS) is 14.0. The maximum absolute atomic E-state index is 12.5. The number of anilines is 1. The molecule has 1 N–H and O–H groups in total. The van der Waals surface area contributed by atoms with E-state index in [1.165, 1.54) is 5.56 Å². The van der Waals surface area contributed by atoms with E-state index in [2.05, 4.69) is 15.4 Å². The number of benzene rings is 3. The van der Waals surface area contributed by atoms with Crippen molar-refractivity contribution in [1.82, 2.24) is 5.43 Å². The summed E-state index contributed by atoms with van der Waals surface area (Å²) in [4.78, 5) is 14.8. The van der Waals surface area contributed by atoms with Crippen molar-refractivity contribution in [2.75, 3.05) is 18.8 Å². The summed E-state index contributed by atoms with van der Waals surface area (Å²) in [5.41, 5.74) is 7.47. The van der Waals surface area contributed by atoms with Crippen molar-refractivity contribution in [3.8, 4) is 17.2 Å². The predicted octanol–water partition coefficient (Wildman–Crippen LogP) is 3.71. The molecular formula is C24H21N3O4. The van der Waals surface area contributed by atoms with Crippen LogP contribution in [-0.2, 0) is 13.1 Å². The molecule has 7 nitrogen and oxygen atoms in total. The maximum Gasteiger partial charge on any atom is 0.271 e. The average molecular weight is 415 g/mol. The lowest BCUT2D eigenvalue weighted by molar-refractivity contribution is 0.0955. The molecule has 0 saturated carbocycles. The molecule has 0 saturated heterocycles. The van der Waals surface area contributed by atoms with Gasteiger partial charge in [0, 0.05) is 24.3 Å². The molecule has 156 valence electrons. The van der Waals surface area contributed by atoms with E-state index in [1.54, 1.807) is 13.3 Å². The van der Waals surface area contributed by atoms with Gasteiger partial charge in [-0.2, -0.15) is 5.10 Å². The van der Waals surface area contributed by atoms with E-state index in [9.17, 15) is 4.79 Å². The van der Waals surface area contributed by atoms with Gasteiger partial charge in [-0.05, 0) is 71.3 Å². The average Bonchev–Trinajstić information content (AvgIpc) is 3.45. The minimum absolute atomic E-state index is 0.223. The van der Waals surface area contributed by atoms with Crippen LogP contribution in [0.3, 0.4) is 0 Å². The molecule has 0 aliphatic carbocycles. The number of amides is 1. The second-order valence-corrected chi connectivity index (χ2v) is 7.35. The molecule has 2 heterocycles. The number of methoxy groups -OCH3 is 1. The van der Waals surface area contributed by atoms with Gasteiger partial charge in [0.1, 0.15) is 5.75 Å². The Hall–Kier alpha value is -4.00. The summed E-state index contributed by atoms with van der Waals surface area (Å²) < 4.78 is 15.9. The Kier molecular flexibility index (Phi) is 4.92. The van der Waals surface area contributed by atoms with Crippen molar-refractivity contribution in [3.63, 3.8) is 0 Å². The number of nitrogens with zero attached hydrogens (tertiary/aromatic N) is 2. The monoisotopic (exact) mass is 415 g/mol. The minimum Gasteiger partial charge on any atom is -0.497 e. The van der Waals surface area contributed by atoms with Gasteiger partial charge in [0.2, 0.25) is 6.79 Å². The lowest BCUT2D eigenvalue weighted by Gasteiger charge is -2.17. The number of carbonyl (C=O) groups excluding carboxylic acids is 1. The number of hydrazone groups is 1. The number of ether oxygens (including phenoxy) is 3. The van der Waals surface area contributed by atoms with Crippen molar-refractivity contribution in [3.05, 3.63) is 82.9 Å². The topological polar surface area (TPSA) is 72.4 Å². The quantitative estimate of drug-likeness (QED) is 0.508. The Labute approximate surface area is 179 Å². The van der Waals surface area contributed by atoms with E-state index in [-0.39, 0.29) is 12.7 Å². The summed E-state index contributed by atoms with van der Waals surface area (Å²) in [5.74, 6) is 1.97. The van der Waals surface area contributed by atoms with E-state index in [1.807, 2.05) is 60.7 Å². The van der Waals surface area contributed by atoms with E-state index in [0.717, 1.165) is 35.7 Å². The highest BCUT2D eigenvalue weighted by Crippen LogP contribution is 2.32. The molecule has 2 aliphatic rings. The highest BCUT2D eigenvalue weighted by molar-refractivity contribution is 5.95. The molecule has 1 amide bonds. The Morgan fingerprint density at radius 2 is 1.81 bits per heavy atom. The van der Waals surface area contributed by atoms with Gasteiger partial charge >= 0.3 is 0 Å². The van der Waals surface area contributed by atoms with Crippen LogP contribution < -0.4 is 24.5 Å². The molecule has 2 aliphatic heterocycles. The number of hydrogen-bond donors (Lipinski definition) is 1. The molecular weight excluding hydrogens is 394 g/mol. The summed E-state index contributed by atoms with van der Waals surface area (Å²) in [7, 11) is 1.66. The molecule has 0 unspecified atom stereocenters. The van der Waals surface area contributed by atoms with Crippen molar-refractivity contribution in [1.29, 1.82) is 0 Å². The highest BCUT2D eigenvalue weighted by Gasteiger charge is 2.21. The summed E-state index contributed by atoms with van der Waals surface area (Å²) >= 11 is 0. The van der Waals surface area contributed by atoms with Crippen LogP contribution in [0.15, 0.2) is 65.8 Å². The predicted molar refractivity (Wildman–Crippen MR) is 117 cm³/mol. The Morgan fingerprint density at radius 3 is 2.65 bits per heavy atom. The summed E-state index contributed by atoms with van der Waals surface area (Å²) in [6.07, 6.45) is 1.58. The second kappa shape index (κ2) is 8.02. The number of fused-ring (bicyclic) bond motifs is 2. The Morgan fingerprint density at radius 1 is 1.00 bits per heavy atom. The van der Waals surface area contributed by atoms with Gasteiger partial charge in [0.05, 0.1) is 13.3 Å². The van der Waals surface area contributed by atoms with Gasteiger partial charge in [-0.15, -0.1) is 0 Å². The molecule has 0 bridgehead atoms. The van der Waals surface area contributed by atoms with Crippen molar-refractivity contribution >= 4 is 17.8 Å². The third-order valence-corrected chi connectivity index (χ3v) is 5.40. The van der Waals surface area contributed by atoms with Gasteiger partial charge in [0.25, 0.3) is 5.91 Å². The molecule has 7 heteroatoms. The molecule has 3 aromatic carbocycles. The van der Waals surface area contributed by atoms with Crippen LogP contribution in [-0.4, -0.2) is 26.0 Å². The van der Waals surface area contributed by atoms with Gasteiger partial charge < -0.3 is 19.1 Å². The van der Waals surface area contributed by atoms with Crippen LogP contribution in [0.2, 0.25) is 0 Å². The maximum atomic E-state index is 12.5. The van der Waals surface area contributed by atoms with E-state index in [0.29, 0.717) is 17.1 Å². The lowest BCUT2D eigenvalue weighted by Crippen LogP contribution is -2.17. The smallest absolute Gasteiger partial charge is 0.271 e. The standard InChI is InChI=1S/C24H21N3O4/c1-29-21-7-5-20(6-8-21)27-13-18-4-3-17(11-19(18)14-27)24(28)26-25-12-16-2-9-22-23(10-16)31-15-30-22/h2-12H,13-15H2,1H3,(H,26,28)/b25-12+. The SMILES string of the molecule is COc1ccc(N2Cc3ccc(C(=O)N/N=C/c4ccc5c(c4)OCO5)cc3C2)cc1. The molecule has 0 fully saturated rings. The molecule has 3 aromatic rings. The first-order valence-electron chi connectivity index (χ1n) is 9.93. The molecule has 5 rings (SSSR count). The fourth-order valence-electron chi connectivity index (χ4n) is 3.73. The van der Waals surface area contributed by atoms with Crippen LogP contribution >= 0.6 is 0 Å². The fourth-order valence-corrected chi connectivity index (χ4v) is 3.73. The van der Waals surface area contributed by atoms with Crippen LogP contribution in [0.25, 0.3) is 0 Å². The first-order valence-corrected chi connectivity index (χ1v) is 9.93. The summed E-state index contributed by atoms with van der Waals surface area (Å²) in [6, 6.07) is 19.3. The third kappa shape index (κ3) is 3.90.